The summed E-state index contributed by atoms with van der Waals surface area (Å²) in [6, 6.07) is -4.90. The molecule has 0 spiro atoms. The highest BCUT2D eigenvalue weighted by Gasteiger charge is 2.70. The van der Waals surface area contributed by atoms with Crippen molar-refractivity contribution in [3.63, 3.8) is 0 Å². The molecule has 14 heteroatoms. The Bertz CT molecular complexity index is 1390. The number of ketones is 1. The minimum Gasteiger partial charge on any atom is -0.346 e. The van der Waals surface area contributed by atoms with Crippen LogP contribution in [0.4, 0.5) is 9.59 Å². The molecule has 1 aliphatic carbocycles. The lowest BCUT2D eigenvalue weighted by molar-refractivity contribution is -0.145. The van der Waals surface area contributed by atoms with Gasteiger partial charge in [0.1, 0.15) is 17.6 Å². The predicted molar refractivity (Wildman–Crippen MR) is 188 cm³/mol. The number of likely N-dealkylation sites (tertiary alicyclic amines) is 1. The van der Waals surface area contributed by atoms with Crippen molar-refractivity contribution < 1.29 is 33.6 Å². The predicted octanol–water partition coefficient (Wildman–Crippen LogP) is 2.47. The third-order valence-corrected chi connectivity index (χ3v) is 10.4. The van der Waals surface area contributed by atoms with E-state index in [0.29, 0.717) is 13.0 Å². The van der Waals surface area contributed by atoms with Crippen LogP contribution >= 0.6 is 0 Å². The normalized spacial score (nSPS) is 23.9. The van der Waals surface area contributed by atoms with Crippen molar-refractivity contribution in [1.82, 2.24) is 36.4 Å². The molecule has 3 aliphatic rings. The quantitative estimate of drug-likeness (QED) is 0.105. The highest BCUT2D eigenvalue weighted by Crippen LogP contribution is 2.65. The third-order valence-electron chi connectivity index (χ3n) is 10.4. The Balaban J connectivity index is 1.84. The first-order chi connectivity index (χ1) is 22.9. The summed E-state index contributed by atoms with van der Waals surface area (Å²) in [4.78, 5) is 95.9. The van der Waals surface area contributed by atoms with Gasteiger partial charge in [-0.1, -0.05) is 81.2 Å². The van der Waals surface area contributed by atoms with E-state index >= 15 is 0 Å². The topological polar surface area (TPSA) is 186 Å². The van der Waals surface area contributed by atoms with Gasteiger partial charge in [0.25, 0.3) is 11.8 Å². The standard InChI is InChI=1S/C36H59N7O7/c1-13-15-16-21(25(44)28(46)37-17-14-2)38-27(45)24-23-20(35(23,9)10)18-42(24)29(47)26(34(6,7)8)40-31(49)39-22(33(3,4)5)19-43-30(48)36(11,12)41-32(43)50/h14,20-24,26H,2,13,15-19H2,1,3-12H3,(H,37,46)(H,38,45)(H,41,50)(H2,39,40,49)/t20-,21?,22-,23-,24-,26+/m0/s1. The Morgan fingerprint density at radius 2 is 1.60 bits per heavy atom. The molecular weight excluding hydrogens is 642 g/mol. The summed E-state index contributed by atoms with van der Waals surface area (Å²) in [5.74, 6) is -3.06. The molecule has 3 fully saturated rings. The number of nitrogens with one attached hydrogen (secondary N) is 5. The summed E-state index contributed by atoms with van der Waals surface area (Å²) >= 11 is 0. The van der Waals surface area contributed by atoms with Crippen LogP contribution in [0, 0.1) is 28.1 Å². The zero-order valence-electron chi connectivity index (χ0n) is 31.7. The van der Waals surface area contributed by atoms with E-state index in [2.05, 4.69) is 33.2 Å². The summed E-state index contributed by atoms with van der Waals surface area (Å²) in [7, 11) is 0. The van der Waals surface area contributed by atoms with Crippen LogP contribution in [-0.4, -0.2) is 101 Å². The summed E-state index contributed by atoms with van der Waals surface area (Å²) in [6.07, 6.45) is 3.07. The van der Waals surface area contributed by atoms with Crippen LogP contribution in [0.15, 0.2) is 12.7 Å². The smallest absolute Gasteiger partial charge is 0.325 e. The molecule has 0 aromatic rings. The van der Waals surface area contributed by atoms with Gasteiger partial charge in [-0.3, -0.25) is 28.9 Å². The van der Waals surface area contributed by atoms with Crippen LogP contribution in [0.5, 0.6) is 0 Å². The number of carbonyl (C=O) groups is 7. The maximum absolute atomic E-state index is 14.4. The molecule has 6 atom stereocenters. The van der Waals surface area contributed by atoms with Gasteiger partial charge in [-0.05, 0) is 48.3 Å². The van der Waals surface area contributed by atoms with Gasteiger partial charge in [0, 0.05) is 13.1 Å². The zero-order valence-corrected chi connectivity index (χ0v) is 31.7. The number of piperidine rings is 1. The van der Waals surface area contributed by atoms with Gasteiger partial charge in [-0.15, -0.1) is 6.58 Å². The lowest BCUT2D eigenvalue weighted by Crippen LogP contribution is -2.63. The Hall–Kier alpha value is -3.97. The molecule has 0 aromatic carbocycles. The Morgan fingerprint density at radius 3 is 2.10 bits per heavy atom. The van der Waals surface area contributed by atoms with Crippen molar-refractivity contribution >= 4 is 41.5 Å². The second kappa shape index (κ2) is 14.7. The van der Waals surface area contributed by atoms with Crippen molar-refractivity contribution in [3.8, 4) is 0 Å². The monoisotopic (exact) mass is 701 g/mol. The molecule has 0 bridgehead atoms. The minimum absolute atomic E-state index is 0.0380. The molecule has 0 radical (unpaired) electrons. The number of hydrogen-bond acceptors (Lipinski definition) is 7. The van der Waals surface area contributed by atoms with E-state index in [1.165, 1.54) is 11.0 Å². The number of fused-ring (bicyclic) bond motifs is 1. The largest absolute Gasteiger partial charge is 0.346 e. The number of urea groups is 2. The van der Waals surface area contributed by atoms with Gasteiger partial charge < -0.3 is 31.5 Å². The highest BCUT2D eigenvalue weighted by molar-refractivity contribution is 6.38. The zero-order chi connectivity index (χ0) is 38.1. The van der Waals surface area contributed by atoms with E-state index in [1.54, 1.807) is 13.8 Å². The number of imide groups is 1. The first-order valence-electron chi connectivity index (χ1n) is 17.6. The van der Waals surface area contributed by atoms with E-state index in [9.17, 15) is 33.6 Å². The summed E-state index contributed by atoms with van der Waals surface area (Å²) in [5.41, 5.74) is -2.66. The van der Waals surface area contributed by atoms with Gasteiger partial charge in [0.05, 0.1) is 18.6 Å². The third kappa shape index (κ3) is 8.66. The SMILES string of the molecule is C=CCNC(=O)C(=O)C(CCCC)NC(=O)[C@@H]1[C@@H]2[C@H](CN1C(=O)[C@@H](NC(=O)N[C@@H](CN1C(=O)NC(C)(C)C1=O)C(C)(C)C)C(C)(C)C)C2(C)C. The fourth-order valence-corrected chi connectivity index (χ4v) is 7.01. The van der Waals surface area contributed by atoms with Crippen LogP contribution in [0.1, 0.15) is 95.4 Å². The maximum atomic E-state index is 14.4. The molecule has 1 saturated carbocycles. The number of Topliss-reactive ketones (excluding diaryl/α,β-unsaturated/α-hetero) is 1. The number of carbonyl (C=O) groups excluding carboxylic acids is 7. The average molecular weight is 702 g/mol. The molecule has 50 heavy (non-hydrogen) atoms. The van der Waals surface area contributed by atoms with Crippen LogP contribution in [0.2, 0.25) is 0 Å². The van der Waals surface area contributed by atoms with Gasteiger partial charge in [0.2, 0.25) is 17.6 Å². The Morgan fingerprint density at radius 1 is 0.980 bits per heavy atom. The summed E-state index contributed by atoms with van der Waals surface area (Å²) < 4.78 is 0. The Labute approximate surface area is 296 Å². The summed E-state index contributed by atoms with van der Waals surface area (Å²) in [5, 5.41) is 13.7. The van der Waals surface area contributed by atoms with Crippen molar-refractivity contribution in [3.05, 3.63) is 12.7 Å². The number of amides is 8. The number of unbranched alkanes of at least 4 members (excludes halogenated alkanes) is 1. The highest BCUT2D eigenvalue weighted by atomic mass is 16.2. The molecule has 5 N–H and O–H groups in total. The second-order valence-corrected chi connectivity index (χ2v) is 17.3. The average Bonchev–Trinajstić information content (AvgIpc) is 3.25. The van der Waals surface area contributed by atoms with Gasteiger partial charge in [-0.25, -0.2) is 9.59 Å². The first-order valence-corrected chi connectivity index (χ1v) is 17.6. The van der Waals surface area contributed by atoms with E-state index in [0.717, 1.165) is 11.3 Å². The van der Waals surface area contributed by atoms with Crippen LogP contribution in [-0.2, 0) is 24.0 Å². The molecular formula is C36H59N7O7. The number of nitrogens with zero attached hydrogens (tertiary/aromatic N) is 2. The van der Waals surface area contributed by atoms with Crippen LogP contribution in [0.3, 0.4) is 0 Å². The van der Waals surface area contributed by atoms with E-state index in [1.807, 2.05) is 62.3 Å². The van der Waals surface area contributed by atoms with Gasteiger partial charge in [-0.2, -0.15) is 0 Å². The fraction of sp³-hybridized carbons (Fsp3) is 0.750. The van der Waals surface area contributed by atoms with E-state index in [4.69, 9.17) is 0 Å². The van der Waals surface area contributed by atoms with E-state index < -0.39 is 82.0 Å². The van der Waals surface area contributed by atoms with Crippen LogP contribution < -0.4 is 26.6 Å². The van der Waals surface area contributed by atoms with E-state index in [-0.39, 0.29) is 36.8 Å². The second-order valence-electron chi connectivity index (χ2n) is 17.3. The molecule has 2 aliphatic heterocycles. The number of hydrogen-bond donors (Lipinski definition) is 5. The maximum Gasteiger partial charge on any atom is 0.325 e. The van der Waals surface area contributed by atoms with Crippen molar-refractivity contribution in [2.75, 3.05) is 19.6 Å². The molecule has 2 saturated heterocycles. The van der Waals surface area contributed by atoms with Crippen molar-refractivity contribution in [1.29, 1.82) is 0 Å². The van der Waals surface area contributed by atoms with Crippen molar-refractivity contribution in [2.24, 2.45) is 28.1 Å². The first kappa shape index (κ1) is 40.5. The lowest BCUT2D eigenvalue weighted by atomic mass is 9.84. The summed E-state index contributed by atoms with van der Waals surface area (Å²) in [6.45, 7) is 24.2. The molecule has 0 aromatic heterocycles. The fourth-order valence-electron chi connectivity index (χ4n) is 7.01. The van der Waals surface area contributed by atoms with Crippen LogP contribution in [0.25, 0.3) is 0 Å². The van der Waals surface area contributed by atoms with Crippen molar-refractivity contribution in [2.45, 2.75) is 125 Å². The molecule has 3 rings (SSSR count). The van der Waals surface area contributed by atoms with Gasteiger partial charge >= 0.3 is 12.1 Å². The molecule has 280 valence electrons. The molecule has 1 unspecified atom stereocenters. The Kier molecular flexibility index (Phi) is 11.9. The van der Waals surface area contributed by atoms with Gasteiger partial charge in [0.15, 0.2) is 0 Å². The lowest BCUT2D eigenvalue weighted by Gasteiger charge is -2.39. The minimum atomic E-state index is -1.07. The number of rotatable bonds is 14. The molecule has 2 heterocycles. The molecule has 8 amide bonds. The molecule has 14 nitrogen and oxygen atoms in total.